The molecule has 3 aromatic rings. The SMILES string of the molecule is COCCOc1cc(N)c(C(=N)c2cc(-c3ccc(C)nc3)no2)cc1F. The molecule has 7 nitrogen and oxygen atoms in total. The van der Waals surface area contributed by atoms with Gasteiger partial charge in [-0.2, -0.15) is 0 Å². The molecule has 0 amide bonds. The Bertz CT molecular complexity index is 954. The van der Waals surface area contributed by atoms with E-state index in [1.165, 1.54) is 13.2 Å². The Kier molecular flexibility index (Phi) is 5.46. The lowest BCUT2D eigenvalue weighted by Gasteiger charge is -2.11. The molecule has 1 aromatic carbocycles. The van der Waals surface area contributed by atoms with E-state index in [1.54, 1.807) is 12.3 Å². The number of aromatic nitrogens is 2. The van der Waals surface area contributed by atoms with Gasteiger partial charge in [0.15, 0.2) is 17.3 Å². The summed E-state index contributed by atoms with van der Waals surface area (Å²) in [6.07, 6.45) is 1.67. The van der Waals surface area contributed by atoms with E-state index in [2.05, 4.69) is 10.1 Å². The molecular formula is C19H19FN4O3. The number of hydrogen-bond acceptors (Lipinski definition) is 7. The summed E-state index contributed by atoms with van der Waals surface area (Å²) < 4.78 is 29.6. The Morgan fingerprint density at radius 3 is 2.78 bits per heavy atom. The largest absolute Gasteiger partial charge is 0.488 e. The third-order valence-corrected chi connectivity index (χ3v) is 3.88. The van der Waals surface area contributed by atoms with Gasteiger partial charge < -0.3 is 19.7 Å². The second-order valence-corrected chi connectivity index (χ2v) is 5.85. The molecule has 0 saturated carbocycles. The fourth-order valence-electron chi connectivity index (χ4n) is 2.41. The van der Waals surface area contributed by atoms with Crippen molar-refractivity contribution in [3.05, 3.63) is 59.4 Å². The van der Waals surface area contributed by atoms with Gasteiger partial charge in [0.2, 0.25) is 0 Å². The zero-order valence-electron chi connectivity index (χ0n) is 15.0. The second-order valence-electron chi connectivity index (χ2n) is 5.85. The molecule has 2 aromatic heterocycles. The van der Waals surface area contributed by atoms with Crippen LogP contribution in [0.5, 0.6) is 5.75 Å². The van der Waals surface area contributed by atoms with Crippen molar-refractivity contribution in [1.82, 2.24) is 10.1 Å². The van der Waals surface area contributed by atoms with Crippen molar-refractivity contribution in [2.24, 2.45) is 0 Å². The van der Waals surface area contributed by atoms with Gasteiger partial charge in [0.25, 0.3) is 0 Å². The van der Waals surface area contributed by atoms with Crippen LogP contribution in [0.4, 0.5) is 10.1 Å². The maximum absolute atomic E-state index is 14.3. The molecule has 0 aliphatic heterocycles. The molecule has 3 N–H and O–H groups in total. The summed E-state index contributed by atoms with van der Waals surface area (Å²) in [5, 5.41) is 12.3. The quantitative estimate of drug-likeness (QED) is 0.376. The zero-order valence-corrected chi connectivity index (χ0v) is 15.0. The number of rotatable bonds is 7. The highest BCUT2D eigenvalue weighted by Crippen LogP contribution is 2.27. The number of aryl methyl sites for hydroxylation is 1. The number of methoxy groups -OCH3 is 1. The molecule has 0 fully saturated rings. The summed E-state index contributed by atoms with van der Waals surface area (Å²) in [5.74, 6) is -0.447. The summed E-state index contributed by atoms with van der Waals surface area (Å²) in [6.45, 7) is 2.40. The molecule has 0 atom stereocenters. The molecule has 0 bridgehead atoms. The van der Waals surface area contributed by atoms with Crippen LogP contribution in [-0.4, -0.2) is 36.2 Å². The topological polar surface area (TPSA) is 107 Å². The van der Waals surface area contributed by atoms with Gasteiger partial charge in [-0.1, -0.05) is 5.16 Å². The van der Waals surface area contributed by atoms with Gasteiger partial charge in [-0.25, -0.2) is 4.39 Å². The third-order valence-electron chi connectivity index (χ3n) is 3.88. The monoisotopic (exact) mass is 370 g/mol. The summed E-state index contributed by atoms with van der Waals surface area (Å²) in [7, 11) is 1.52. The first-order chi connectivity index (χ1) is 13.0. The van der Waals surface area contributed by atoms with Crippen molar-refractivity contribution in [1.29, 1.82) is 5.41 Å². The van der Waals surface area contributed by atoms with E-state index in [0.29, 0.717) is 12.3 Å². The minimum atomic E-state index is -0.623. The molecule has 0 unspecified atom stereocenters. The Labute approximate surface area is 155 Å². The summed E-state index contributed by atoms with van der Waals surface area (Å²) in [6, 6.07) is 7.79. The smallest absolute Gasteiger partial charge is 0.185 e. The number of nitrogens with two attached hydrogens (primary N) is 1. The van der Waals surface area contributed by atoms with E-state index < -0.39 is 5.82 Å². The third kappa shape index (κ3) is 4.12. The van der Waals surface area contributed by atoms with Gasteiger partial charge in [0.1, 0.15) is 18.0 Å². The first-order valence-corrected chi connectivity index (χ1v) is 8.19. The van der Waals surface area contributed by atoms with Gasteiger partial charge in [0, 0.05) is 47.9 Å². The number of pyridine rings is 1. The average Bonchev–Trinajstić information content (AvgIpc) is 3.14. The van der Waals surface area contributed by atoms with E-state index >= 15 is 0 Å². The number of benzene rings is 1. The number of hydrogen-bond donors (Lipinski definition) is 2. The fourth-order valence-corrected chi connectivity index (χ4v) is 2.41. The molecule has 3 rings (SSSR count). The summed E-state index contributed by atoms with van der Waals surface area (Å²) >= 11 is 0. The standard InChI is InChI=1S/C19H19FN4O3/c1-11-3-4-12(10-23-11)16-9-18(27-24-16)19(22)13-7-14(20)17(8-15(13)21)26-6-5-25-2/h3-4,7-10,22H,5-6,21H2,1-2H3. The number of nitrogen functional groups attached to an aromatic ring is 1. The number of anilines is 1. The Morgan fingerprint density at radius 2 is 2.07 bits per heavy atom. The summed E-state index contributed by atoms with van der Waals surface area (Å²) in [5.41, 5.74) is 8.45. The molecule has 2 heterocycles. The Morgan fingerprint density at radius 1 is 1.26 bits per heavy atom. The van der Waals surface area contributed by atoms with Gasteiger partial charge in [-0.05, 0) is 25.1 Å². The normalized spacial score (nSPS) is 10.8. The van der Waals surface area contributed by atoms with Crippen LogP contribution in [0.2, 0.25) is 0 Å². The van der Waals surface area contributed by atoms with Crippen molar-refractivity contribution in [3.8, 4) is 17.0 Å². The molecule has 8 heteroatoms. The van der Waals surface area contributed by atoms with Crippen molar-refractivity contribution in [2.75, 3.05) is 26.1 Å². The highest BCUT2D eigenvalue weighted by Gasteiger charge is 2.18. The number of ether oxygens (including phenoxy) is 2. The van der Waals surface area contributed by atoms with Crippen LogP contribution in [0, 0.1) is 18.2 Å². The predicted octanol–water partition coefficient (Wildman–Crippen LogP) is 3.21. The molecule has 0 radical (unpaired) electrons. The first kappa shape index (κ1) is 18.5. The molecule has 27 heavy (non-hydrogen) atoms. The van der Waals surface area contributed by atoms with Crippen LogP contribution in [-0.2, 0) is 4.74 Å². The van der Waals surface area contributed by atoms with Crippen LogP contribution >= 0.6 is 0 Å². The minimum Gasteiger partial charge on any atom is -0.488 e. The van der Waals surface area contributed by atoms with Gasteiger partial charge in [0.05, 0.1) is 6.61 Å². The lowest BCUT2D eigenvalue weighted by molar-refractivity contribution is 0.144. The van der Waals surface area contributed by atoms with Crippen LogP contribution in [0.1, 0.15) is 17.0 Å². The maximum atomic E-state index is 14.3. The molecule has 0 spiro atoms. The predicted molar refractivity (Wildman–Crippen MR) is 98.6 cm³/mol. The number of nitrogens with one attached hydrogen (secondary N) is 1. The van der Waals surface area contributed by atoms with Crippen molar-refractivity contribution in [2.45, 2.75) is 6.92 Å². The van der Waals surface area contributed by atoms with Crippen molar-refractivity contribution >= 4 is 11.4 Å². The highest BCUT2D eigenvalue weighted by atomic mass is 19.1. The van der Waals surface area contributed by atoms with E-state index in [-0.39, 0.29) is 35.1 Å². The number of halogens is 1. The fraction of sp³-hybridized carbons (Fsp3) is 0.211. The van der Waals surface area contributed by atoms with Crippen LogP contribution in [0.25, 0.3) is 11.3 Å². The molecule has 0 aliphatic rings. The van der Waals surface area contributed by atoms with Crippen molar-refractivity contribution in [3.63, 3.8) is 0 Å². The Hall–Kier alpha value is -3.26. The van der Waals surface area contributed by atoms with E-state index in [4.69, 9.17) is 25.1 Å². The van der Waals surface area contributed by atoms with Crippen molar-refractivity contribution < 1.29 is 18.4 Å². The van der Waals surface area contributed by atoms with Gasteiger partial charge in [-0.3, -0.25) is 10.4 Å². The van der Waals surface area contributed by atoms with E-state index in [9.17, 15) is 4.39 Å². The maximum Gasteiger partial charge on any atom is 0.185 e. The molecule has 0 saturated heterocycles. The number of nitrogens with zero attached hydrogens (tertiary/aromatic N) is 2. The zero-order chi connectivity index (χ0) is 19.4. The summed E-state index contributed by atoms with van der Waals surface area (Å²) in [4.78, 5) is 4.21. The average molecular weight is 370 g/mol. The second kappa shape index (κ2) is 7.96. The molecule has 140 valence electrons. The molecule has 0 aliphatic carbocycles. The lowest BCUT2D eigenvalue weighted by Crippen LogP contribution is -2.09. The van der Waals surface area contributed by atoms with E-state index in [1.807, 2.05) is 19.1 Å². The first-order valence-electron chi connectivity index (χ1n) is 8.19. The highest BCUT2D eigenvalue weighted by molar-refractivity contribution is 6.12. The van der Waals surface area contributed by atoms with Crippen LogP contribution in [0.3, 0.4) is 0 Å². The van der Waals surface area contributed by atoms with Gasteiger partial charge >= 0.3 is 0 Å². The Balaban J connectivity index is 1.83. The van der Waals surface area contributed by atoms with Crippen LogP contribution in [0.15, 0.2) is 41.1 Å². The minimum absolute atomic E-state index is 0.00471. The van der Waals surface area contributed by atoms with E-state index in [0.717, 1.165) is 17.3 Å². The van der Waals surface area contributed by atoms with Gasteiger partial charge in [-0.15, -0.1) is 0 Å². The lowest BCUT2D eigenvalue weighted by atomic mass is 10.0. The molecular weight excluding hydrogens is 351 g/mol. The van der Waals surface area contributed by atoms with Crippen LogP contribution < -0.4 is 10.5 Å².